The summed E-state index contributed by atoms with van der Waals surface area (Å²) < 4.78 is 5.16. The maximum Gasteiger partial charge on any atom is 0.157 e. The lowest BCUT2D eigenvalue weighted by atomic mass is 10.1. The molecule has 2 N–H and O–H groups in total. The number of hydrogen-bond donors (Lipinski definition) is 2. The van der Waals surface area contributed by atoms with Crippen molar-refractivity contribution in [1.29, 1.82) is 0 Å². The highest BCUT2D eigenvalue weighted by Crippen LogP contribution is 2.25. The van der Waals surface area contributed by atoms with E-state index in [0.29, 0.717) is 6.42 Å². The number of aromatic hydroxyl groups is 2. The van der Waals surface area contributed by atoms with E-state index in [1.54, 1.807) is 12.3 Å². The molecular formula is C11H10O3. The Morgan fingerprint density at radius 2 is 1.93 bits per heavy atom. The lowest BCUT2D eigenvalue weighted by Crippen LogP contribution is -1.84. The third kappa shape index (κ3) is 1.71. The summed E-state index contributed by atoms with van der Waals surface area (Å²) in [5.74, 6) is 0.623. The monoisotopic (exact) mass is 190 g/mol. The smallest absolute Gasteiger partial charge is 0.157 e. The Bertz CT molecular complexity index is 418. The van der Waals surface area contributed by atoms with Crippen LogP contribution in [0, 0.1) is 0 Å². The van der Waals surface area contributed by atoms with Crippen molar-refractivity contribution >= 4 is 0 Å². The molecule has 72 valence electrons. The van der Waals surface area contributed by atoms with Gasteiger partial charge in [0.2, 0.25) is 0 Å². The van der Waals surface area contributed by atoms with Crippen LogP contribution in [0.2, 0.25) is 0 Å². The first-order valence-electron chi connectivity index (χ1n) is 4.29. The zero-order chi connectivity index (χ0) is 9.97. The largest absolute Gasteiger partial charge is 0.504 e. The van der Waals surface area contributed by atoms with Crippen LogP contribution in [0.1, 0.15) is 11.3 Å². The Kier molecular flexibility index (Phi) is 2.14. The molecule has 1 aromatic carbocycles. The van der Waals surface area contributed by atoms with E-state index >= 15 is 0 Å². The summed E-state index contributed by atoms with van der Waals surface area (Å²) in [5, 5.41) is 18.3. The fourth-order valence-electron chi connectivity index (χ4n) is 1.29. The molecule has 0 radical (unpaired) electrons. The lowest BCUT2D eigenvalue weighted by molar-refractivity contribution is 0.403. The molecule has 14 heavy (non-hydrogen) atoms. The summed E-state index contributed by atoms with van der Waals surface area (Å²) in [4.78, 5) is 0. The SMILES string of the molecule is Oc1ccc(Cc2ccco2)cc1O. The molecule has 0 aliphatic carbocycles. The molecule has 0 fully saturated rings. The molecule has 0 atom stereocenters. The van der Waals surface area contributed by atoms with Crippen LogP contribution in [-0.2, 0) is 6.42 Å². The molecule has 3 heteroatoms. The van der Waals surface area contributed by atoms with Crippen LogP contribution < -0.4 is 0 Å². The van der Waals surface area contributed by atoms with Gasteiger partial charge >= 0.3 is 0 Å². The highest BCUT2D eigenvalue weighted by atomic mass is 16.3. The molecule has 0 aliphatic rings. The summed E-state index contributed by atoms with van der Waals surface area (Å²) >= 11 is 0. The highest BCUT2D eigenvalue weighted by Gasteiger charge is 2.02. The second kappa shape index (κ2) is 3.46. The van der Waals surface area contributed by atoms with Gasteiger partial charge in [-0.3, -0.25) is 0 Å². The van der Waals surface area contributed by atoms with Crippen molar-refractivity contribution in [3.8, 4) is 11.5 Å². The van der Waals surface area contributed by atoms with Crippen LogP contribution in [0.15, 0.2) is 41.0 Å². The van der Waals surface area contributed by atoms with Gasteiger partial charge < -0.3 is 14.6 Å². The Morgan fingerprint density at radius 3 is 2.57 bits per heavy atom. The van der Waals surface area contributed by atoms with Crippen LogP contribution in [-0.4, -0.2) is 10.2 Å². The zero-order valence-corrected chi connectivity index (χ0v) is 7.47. The van der Waals surface area contributed by atoms with Crippen LogP contribution >= 0.6 is 0 Å². The number of furan rings is 1. The van der Waals surface area contributed by atoms with Crippen molar-refractivity contribution in [2.24, 2.45) is 0 Å². The van der Waals surface area contributed by atoms with Gasteiger partial charge in [-0.1, -0.05) is 6.07 Å². The van der Waals surface area contributed by atoms with Gasteiger partial charge in [-0.2, -0.15) is 0 Å². The second-order valence-electron chi connectivity index (χ2n) is 3.08. The Balaban J connectivity index is 2.22. The van der Waals surface area contributed by atoms with E-state index in [4.69, 9.17) is 9.52 Å². The van der Waals surface area contributed by atoms with Gasteiger partial charge in [0.1, 0.15) is 5.76 Å². The molecule has 3 nitrogen and oxygen atoms in total. The van der Waals surface area contributed by atoms with Crippen LogP contribution in [0.3, 0.4) is 0 Å². The summed E-state index contributed by atoms with van der Waals surface area (Å²) in [6.07, 6.45) is 2.22. The molecule has 1 heterocycles. The van der Waals surface area contributed by atoms with E-state index in [1.807, 2.05) is 12.1 Å². The fourth-order valence-corrected chi connectivity index (χ4v) is 1.29. The average Bonchev–Trinajstić information content (AvgIpc) is 2.64. The minimum atomic E-state index is -0.104. The molecule has 0 aliphatic heterocycles. The summed E-state index contributed by atoms with van der Waals surface area (Å²) in [7, 11) is 0. The highest BCUT2D eigenvalue weighted by molar-refractivity contribution is 5.41. The van der Waals surface area contributed by atoms with Crippen molar-refractivity contribution in [3.63, 3.8) is 0 Å². The first-order valence-corrected chi connectivity index (χ1v) is 4.29. The van der Waals surface area contributed by atoms with Crippen molar-refractivity contribution in [3.05, 3.63) is 47.9 Å². The predicted molar refractivity (Wildman–Crippen MR) is 51.3 cm³/mol. The molecule has 0 bridgehead atoms. The van der Waals surface area contributed by atoms with Gasteiger partial charge in [0.25, 0.3) is 0 Å². The van der Waals surface area contributed by atoms with Crippen LogP contribution in [0.25, 0.3) is 0 Å². The molecular weight excluding hydrogens is 180 g/mol. The van der Waals surface area contributed by atoms with E-state index in [2.05, 4.69) is 0 Å². The zero-order valence-electron chi connectivity index (χ0n) is 7.47. The Labute approximate surface area is 81.2 Å². The summed E-state index contributed by atoms with van der Waals surface area (Å²) in [6.45, 7) is 0. The number of phenols is 2. The van der Waals surface area contributed by atoms with Gasteiger partial charge in [-0.05, 0) is 29.8 Å². The summed E-state index contributed by atoms with van der Waals surface area (Å²) in [5.41, 5.74) is 0.898. The molecule has 1 aromatic heterocycles. The third-order valence-corrected chi connectivity index (χ3v) is 2.00. The first kappa shape index (κ1) is 8.69. The second-order valence-corrected chi connectivity index (χ2v) is 3.08. The predicted octanol–water partition coefficient (Wildman–Crippen LogP) is 2.28. The van der Waals surface area contributed by atoms with Gasteiger partial charge in [0, 0.05) is 6.42 Å². The molecule has 0 unspecified atom stereocenters. The normalized spacial score (nSPS) is 10.3. The van der Waals surface area contributed by atoms with Crippen molar-refractivity contribution in [2.75, 3.05) is 0 Å². The van der Waals surface area contributed by atoms with E-state index < -0.39 is 0 Å². The first-order chi connectivity index (χ1) is 6.75. The Morgan fingerprint density at radius 1 is 1.07 bits per heavy atom. The molecule has 2 aromatic rings. The maximum absolute atomic E-state index is 9.25. The van der Waals surface area contributed by atoms with Crippen molar-refractivity contribution in [1.82, 2.24) is 0 Å². The average molecular weight is 190 g/mol. The number of rotatable bonds is 2. The minimum absolute atomic E-state index is 0.103. The quantitative estimate of drug-likeness (QED) is 0.714. The summed E-state index contributed by atoms with van der Waals surface area (Å²) in [6, 6.07) is 8.42. The number of benzene rings is 1. The van der Waals surface area contributed by atoms with E-state index in [-0.39, 0.29) is 11.5 Å². The van der Waals surface area contributed by atoms with E-state index in [1.165, 1.54) is 12.1 Å². The molecule has 0 amide bonds. The fraction of sp³-hybridized carbons (Fsp3) is 0.0909. The van der Waals surface area contributed by atoms with Crippen molar-refractivity contribution in [2.45, 2.75) is 6.42 Å². The van der Waals surface area contributed by atoms with Crippen LogP contribution in [0.5, 0.6) is 11.5 Å². The van der Waals surface area contributed by atoms with Gasteiger partial charge in [0.05, 0.1) is 6.26 Å². The molecule has 0 saturated heterocycles. The van der Waals surface area contributed by atoms with Gasteiger partial charge in [-0.15, -0.1) is 0 Å². The van der Waals surface area contributed by atoms with Gasteiger partial charge in [0.15, 0.2) is 11.5 Å². The maximum atomic E-state index is 9.25. The van der Waals surface area contributed by atoms with E-state index in [0.717, 1.165) is 11.3 Å². The van der Waals surface area contributed by atoms with E-state index in [9.17, 15) is 5.11 Å². The standard InChI is InChI=1S/C11H10O3/c12-10-4-3-8(7-11(10)13)6-9-2-1-5-14-9/h1-5,7,12-13H,6H2. The molecule has 0 spiro atoms. The van der Waals surface area contributed by atoms with Crippen LogP contribution in [0.4, 0.5) is 0 Å². The molecule has 0 saturated carbocycles. The minimum Gasteiger partial charge on any atom is -0.504 e. The van der Waals surface area contributed by atoms with Gasteiger partial charge in [-0.25, -0.2) is 0 Å². The topological polar surface area (TPSA) is 53.6 Å². The number of hydrogen-bond acceptors (Lipinski definition) is 3. The number of phenolic OH excluding ortho intramolecular Hbond substituents is 2. The lowest BCUT2D eigenvalue weighted by Gasteiger charge is -2.01. The molecule has 2 rings (SSSR count). The Hall–Kier alpha value is -1.90. The third-order valence-electron chi connectivity index (χ3n) is 2.00. The van der Waals surface area contributed by atoms with Crippen molar-refractivity contribution < 1.29 is 14.6 Å².